The van der Waals surface area contributed by atoms with Crippen molar-refractivity contribution in [2.24, 2.45) is 0 Å². The lowest BCUT2D eigenvalue weighted by atomic mass is 10.1. The smallest absolute Gasteiger partial charge is 0.0596 e. The molecule has 0 N–H and O–H groups in total. The number of hydrogen-bond acceptors (Lipinski definition) is 1. The molecule has 0 radical (unpaired) electrons. The van der Waals surface area contributed by atoms with Crippen LogP contribution in [-0.2, 0) is 13.0 Å². The standard InChI is InChI=1S/C13H16N2/c1-11-10-12(2)15(14-11)9-8-13-6-4-3-5-7-13/h3-7,10H,8-9H2,1-2H3. The van der Waals surface area contributed by atoms with E-state index in [-0.39, 0.29) is 0 Å². The lowest BCUT2D eigenvalue weighted by Gasteiger charge is -2.04. The Morgan fingerprint density at radius 1 is 1.13 bits per heavy atom. The van der Waals surface area contributed by atoms with E-state index in [1.165, 1.54) is 11.3 Å². The molecule has 0 aliphatic carbocycles. The van der Waals surface area contributed by atoms with E-state index in [4.69, 9.17) is 0 Å². The Morgan fingerprint density at radius 3 is 2.47 bits per heavy atom. The molecule has 0 fully saturated rings. The highest BCUT2D eigenvalue weighted by molar-refractivity contribution is 5.15. The second-order valence-electron chi connectivity index (χ2n) is 3.89. The summed E-state index contributed by atoms with van der Waals surface area (Å²) < 4.78 is 2.07. The van der Waals surface area contributed by atoms with E-state index >= 15 is 0 Å². The fraction of sp³-hybridized carbons (Fsp3) is 0.308. The van der Waals surface area contributed by atoms with E-state index in [1.54, 1.807) is 0 Å². The normalized spacial score (nSPS) is 10.5. The van der Waals surface area contributed by atoms with Crippen LogP contribution in [0.2, 0.25) is 0 Å². The van der Waals surface area contributed by atoms with Crippen LogP contribution in [0.25, 0.3) is 0 Å². The van der Waals surface area contributed by atoms with E-state index in [9.17, 15) is 0 Å². The first kappa shape index (κ1) is 9.97. The zero-order chi connectivity index (χ0) is 10.7. The molecule has 2 rings (SSSR count). The van der Waals surface area contributed by atoms with Crippen molar-refractivity contribution in [1.29, 1.82) is 0 Å². The van der Waals surface area contributed by atoms with Gasteiger partial charge < -0.3 is 0 Å². The van der Waals surface area contributed by atoms with Gasteiger partial charge in [0.1, 0.15) is 0 Å². The summed E-state index contributed by atoms with van der Waals surface area (Å²) in [5.41, 5.74) is 3.70. The largest absolute Gasteiger partial charge is 0.269 e. The Bertz CT molecular complexity index is 429. The van der Waals surface area contributed by atoms with Gasteiger partial charge in [-0.2, -0.15) is 5.10 Å². The van der Waals surface area contributed by atoms with Gasteiger partial charge in [-0.25, -0.2) is 0 Å². The third-order valence-corrected chi connectivity index (χ3v) is 2.56. The summed E-state index contributed by atoms with van der Waals surface area (Å²) in [7, 11) is 0. The second kappa shape index (κ2) is 4.30. The van der Waals surface area contributed by atoms with Crippen molar-refractivity contribution in [3.8, 4) is 0 Å². The van der Waals surface area contributed by atoms with Crippen molar-refractivity contribution in [3.63, 3.8) is 0 Å². The highest BCUT2D eigenvalue weighted by Crippen LogP contribution is 2.05. The minimum absolute atomic E-state index is 0.962. The monoisotopic (exact) mass is 200 g/mol. The van der Waals surface area contributed by atoms with Crippen LogP contribution < -0.4 is 0 Å². The average Bonchev–Trinajstić information content (AvgIpc) is 2.56. The maximum atomic E-state index is 4.44. The molecule has 78 valence electrons. The fourth-order valence-electron chi connectivity index (χ4n) is 1.78. The van der Waals surface area contributed by atoms with E-state index < -0.39 is 0 Å². The Balaban J connectivity index is 2.02. The van der Waals surface area contributed by atoms with Crippen LogP contribution in [0.3, 0.4) is 0 Å². The Labute approximate surface area is 90.6 Å². The van der Waals surface area contributed by atoms with Crippen molar-refractivity contribution in [2.75, 3.05) is 0 Å². The van der Waals surface area contributed by atoms with Crippen LogP contribution in [-0.4, -0.2) is 9.78 Å². The Morgan fingerprint density at radius 2 is 1.87 bits per heavy atom. The molecular formula is C13H16N2. The van der Waals surface area contributed by atoms with Crippen LogP contribution in [0.15, 0.2) is 36.4 Å². The van der Waals surface area contributed by atoms with Crippen molar-refractivity contribution < 1.29 is 0 Å². The van der Waals surface area contributed by atoms with Gasteiger partial charge in [-0.1, -0.05) is 30.3 Å². The van der Waals surface area contributed by atoms with Gasteiger partial charge in [0, 0.05) is 12.2 Å². The van der Waals surface area contributed by atoms with Crippen LogP contribution in [0.4, 0.5) is 0 Å². The number of hydrogen-bond donors (Lipinski definition) is 0. The molecule has 0 saturated heterocycles. The molecule has 0 atom stereocenters. The van der Waals surface area contributed by atoms with E-state index in [0.717, 1.165) is 18.7 Å². The van der Waals surface area contributed by atoms with Gasteiger partial charge in [0.2, 0.25) is 0 Å². The second-order valence-corrected chi connectivity index (χ2v) is 3.89. The molecule has 0 bridgehead atoms. The van der Waals surface area contributed by atoms with Gasteiger partial charge in [0.25, 0.3) is 0 Å². The minimum atomic E-state index is 0.962. The Kier molecular flexibility index (Phi) is 2.86. The predicted molar refractivity (Wildman–Crippen MR) is 61.8 cm³/mol. The highest BCUT2D eigenvalue weighted by atomic mass is 15.3. The van der Waals surface area contributed by atoms with Crippen LogP contribution >= 0.6 is 0 Å². The van der Waals surface area contributed by atoms with E-state index in [2.05, 4.69) is 47.0 Å². The zero-order valence-electron chi connectivity index (χ0n) is 9.27. The topological polar surface area (TPSA) is 17.8 Å². The zero-order valence-corrected chi connectivity index (χ0v) is 9.27. The van der Waals surface area contributed by atoms with Crippen molar-refractivity contribution in [3.05, 3.63) is 53.3 Å². The first-order valence-corrected chi connectivity index (χ1v) is 5.31. The molecule has 2 heteroatoms. The number of aromatic nitrogens is 2. The van der Waals surface area contributed by atoms with Crippen molar-refractivity contribution in [2.45, 2.75) is 26.8 Å². The van der Waals surface area contributed by atoms with Crippen molar-refractivity contribution >= 4 is 0 Å². The molecular weight excluding hydrogens is 184 g/mol. The molecule has 1 heterocycles. The molecule has 2 aromatic rings. The van der Waals surface area contributed by atoms with E-state index in [0.29, 0.717) is 0 Å². The molecule has 0 unspecified atom stereocenters. The maximum Gasteiger partial charge on any atom is 0.0596 e. The average molecular weight is 200 g/mol. The molecule has 2 nitrogen and oxygen atoms in total. The SMILES string of the molecule is Cc1cc(C)n(CCc2ccccc2)n1. The van der Waals surface area contributed by atoms with Gasteiger partial charge in [0.05, 0.1) is 5.69 Å². The maximum absolute atomic E-state index is 4.44. The highest BCUT2D eigenvalue weighted by Gasteiger charge is 2.00. The summed E-state index contributed by atoms with van der Waals surface area (Å²) in [5, 5.41) is 4.44. The minimum Gasteiger partial charge on any atom is -0.269 e. The lowest BCUT2D eigenvalue weighted by Crippen LogP contribution is -2.05. The molecule has 0 saturated carbocycles. The van der Waals surface area contributed by atoms with Crippen LogP contribution in [0, 0.1) is 13.8 Å². The van der Waals surface area contributed by atoms with Crippen molar-refractivity contribution in [1.82, 2.24) is 9.78 Å². The Hall–Kier alpha value is -1.57. The molecule has 0 aliphatic rings. The summed E-state index contributed by atoms with van der Waals surface area (Å²) in [6.45, 7) is 5.10. The van der Waals surface area contributed by atoms with E-state index in [1.807, 2.05) is 13.0 Å². The predicted octanol–water partition coefficient (Wildman–Crippen LogP) is 2.74. The van der Waals surface area contributed by atoms with Crippen LogP contribution in [0.1, 0.15) is 17.0 Å². The molecule has 1 aromatic heterocycles. The molecule has 0 amide bonds. The number of aryl methyl sites for hydroxylation is 4. The summed E-state index contributed by atoms with van der Waals surface area (Å²) >= 11 is 0. The quantitative estimate of drug-likeness (QED) is 0.745. The number of rotatable bonds is 3. The molecule has 15 heavy (non-hydrogen) atoms. The van der Waals surface area contributed by atoms with Gasteiger partial charge in [-0.3, -0.25) is 4.68 Å². The first-order valence-electron chi connectivity index (χ1n) is 5.31. The molecule has 1 aromatic carbocycles. The first-order chi connectivity index (χ1) is 7.25. The summed E-state index contributed by atoms with van der Waals surface area (Å²) in [6, 6.07) is 12.6. The lowest BCUT2D eigenvalue weighted by molar-refractivity contribution is 0.594. The third kappa shape index (κ3) is 2.46. The molecule has 0 aliphatic heterocycles. The van der Waals surface area contributed by atoms with Gasteiger partial charge in [-0.15, -0.1) is 0 Å². The number of benzene rings is 1. The third-order valence-electron chi connectivity index (χ3n) is 2.56. The fourth-order valence-corrected chi connectivity index (χ4v) is 1.78. The molecule has 0 spiro atoms. The summed E-state index contributed by atoms with van der Waals surface area (Å²) in [5.74, 6) is 0. The van der Waals surface area contributed by atoms with Gasteiger partial charge >= 0.3 is 0 Å². The number of nitrogens with zero attached hydrogens (tertiary/aromatic N) is 2. The van der Waals surface area contributed by atoms with Crippen LogP contribution in [0.5, 0.6) is 0 Å². The van der Waals surface area contributed by atoms with Gasteiger partial charge in [0.15, 0.2) is 0 Å². The van der Waals surface area contributed by atoms with Gasteiger partial charge in [-0.05, 0) is 31.9 Å². The summed E-state index contributed by atoms with van der Waals surface area (Å²) in [6.07, 6.45) is 1.04. The summed E-state index contributed by atoms with van der Waals surface area (Å²) in [4.78, 5) is 0.